The van der Waals surface area contributed by atoms with Gasteiger partial charge in [0.05, 0.1) is 5.02 Å². The number of halogens is 4. The number of rotatable bonds is 1. The van der Waals surface area contributed by atoms with E-state index >= 15 is 0 Å². The van der Waals surface area contributed by atoms with Crippen molar-refractivity contribution in [2.24, 2.45) is 0 Å². The molecular formula is C6H3ClF3N. The highest BCUT2D eigenvalue weighted by Crippen LogP contribution is 2.24. The summed E-state index contributed by atoms with van der Waals surface area (Å²) in [6.07, 6.45) is -2.84. The Morgan fingerprint density at radius 3 is 2.45 bits per heavy atom. The first kappa shape index (κ1) is 8.33. The summed E-state index contributed by atoms with van der Waals surface area (Å²) in [6.45, 7) is 0. The van der Waals surface area contributed by atoms with Gasteiger partial charge >= 0.3 is 0 Å². The molecule has 1 rings (SSSR count). The number of hydrogen-bond donors (Lipinski definition) is 0. The highest BCUT2D eigenvalue weighted by atomic mass is 35.5. The van der Waals surface area contributed by atoms with E-state index in [1.807, 2.05) is 0 Å². The zero-order chi connectivity index (χ0) is 8.43. The molecular weight excluding hydrogens is 179 g/mol. The van der Waals surface area contributed by atoms with Crippen molar-refractivity contribution in [3.05, 3.63) is 28.8 Å². The minimum absolute atomic E-state index is 0.221. The average molecular weight is 182 g/mol. The van der Waals surface area contributed by atoms with E-state index in [0.717, 1.165) is 12.1 Å². The summed E-state index contributed by atoms with van der Waals surface area (Å²) in [5.74, 6) is -0.954. The maximum Gasteiger partial charge on any atom is 0.281 e. The van der Waals surface area contributed by atoms with Crippen LogP contribution in [0.15, 0.2) is 12.1 Å². The first-order valence-electron chi connectivity index (χ1n) is 2.71. The number of nitrogens with zero attached hydrogens (tertiary/aromatic N) is 1. The van der Waals surface area contributed by atoms with Crippen molar-refractivity contribution in [2.75, 3.05) is 0 Å². The standard InChI is InChI=1S/C6H3ClF3N/c7-3-1-2-4(8)11-5(3)6(9)10/h1-2,6H. The Hall–Kier alpha value is -0.770. The van der Waals surface area contributed by atoms with Crippen molar-refractivity contribution in [3.8, 4) is 0 Å². The molecule has 0 radical (unpaired) electrons. The largest absolute Gasteiger partial charge is 0.281 e. The molecule has 0 spiro atoms. The van der Waals surface area contributed by atoms with Gasteiger partial charge in [-0.15, -0.1) is 0 Å². The molecule has 0 aliphatic carbocycles. The third-order valence-electron chi connectivity index (χ3n) is 1.05. The van der Waals surface area contributed by atoms with Crippen LogP contribution >= 0.6 is 11.6 Å². The molecule has 0 fully saturated rings. The van der Waals surface area contributed by atoms with Crippen LogP contribution in [0.5, 0.6) is 0 Å². The topological polar surface area (TPSA) is 12.9 Å². The predicted molar refractivity (Wildman–Crippen MR) is 34.2 cm³/mol. The summed E-state index contributed by atoms with van der Waals surface area (Å²) in [4.78, 5) is 2.92. The Balaban J connectivity index is 3.13. The van der Waals surface area contributed by atoms with Gasteiger partial charge < -0.3 is 0 Å². The molecule has 1 nitrogen and oxygen atoms in total. The van der Waals surface area contributed by atoms with Gasteiger partial charge in [0.1, 0.15) is 5.69 Å². The Bertz CT molecular complexity index is 264. The highest BCUT2D eigenvalue weighted by molar-refractivity contribution is 6.31. The summed E-state index contributed by atoms with van der Waals surface area (Å²) >= 11 is 5.28. The van der Waals surface area contributed by atoms with Crippen LogP contribution in [-0.2, 0) is 0 Å². The SMILES string of the molecule is Fc1ccc(Cl)c(C(F)F)n1. The van der Waals surface area contributed by atoms with Crippen LogP contribution in [0.4, 0.5) is 13.2 Å². The smallest absolute Gasteiger partial charge is 0.217 e. The second-order valence-electron chi connectivity index (χ2n) is 1.80. The van der Waals surface area contributed by atoms with E-state index in [2.05, 4.69) is 4.98 Å². The van der Waals surface area contributed by atoms with Crippen LogP contribution in [0.25, 0.3) is 0 Å². The molecule has 0 saturated heterocycles. The molecule has 0 aliphatic rings. The summed E-state index contributed by atoms with van der Waals surface area (Å²) in [5.41, 5.74) is -0.716. The van der Waals surface area contributed by atoms with Crippen LogP contribution in [-0.4, -0.2) is 4.98 Å². The molecule has 0 amide bonds. The fourth-order valence-electron chi connectivity index (χ4n) is 0.586. The first-order chi connectivity index (χ1) is 5.11. The van der Waals surface area contributed by atoms with Crippen LogP contribution in [0, 0.1) is 5.95 Å². The number of aromatic nitrogens is 1. The molecule has 0 N–H and O–H groups in total. The Labute approximate surface area is 65.8 Å². The third-order valence-corrected chi connectivity index (χ3v) is 1.37. The molecule has 1 aromatic heterocycles. The van der Waals surface area contributed by atoms with Crippen molar-refractivity contribution in [3.63, 3.8) is 0 Å². The Morgan fingerprint density at radius 1 is 1.36 bits per heavy atom. The second-order valence-corrected chi connectivity index (χ2v) is 2.21. The summed E-state index contributed by atoms with van der Waals surface area (Å²) in [6, 6.07) is 1.97. The van der Waals surface area contributed by atoms with E-state index in [1.54, 1.807) is 0 Å². The number of alkyl halides is 2. The normalized spacial score (nSPS) is 10.6. The van der Waals surface area contributed by atoms with Gasteiger partial charge in [-0.1, -0.05) is 11.6 Å². The van der Waals surface area contributed by atoms with Gasteiger partial charge in [0.2, 0.25) is 5.95 Å². The number of pyridine rings is 1. The van der Waals surface area contributed by atoms with Gasteiger partial charge in [-0.3, -0.25) is 0 Å². The maximum atomic E-state index is 12.2. The van der Waals surface area contributed by atoms with Gasteiger partial charge in [0.15, 0.2) is 0 Å². The Kier molecular flexibility index (Phi) is 2.34. The van der Waals surface area contributed by atoms with E-state index in [0.29, 0.717) is 0 Å². The van der Waals surface area contributed by atoms with E-state index < -0.39 is 18.1 Å². The van der Waals surface area contributed by atoms with Gasteiger partial charge in [0, 0.05) is 0 Å². The molecule has 60 valence electrons. The molecule has 0 atom stereocenters. The summed E-state index contributed by atoms with van der Waals surface area (Å²) in [7, 11) is 0. The van der Waals surface area contributed by atoms with Crippen molar-refractivity contribution < 1.29 is 13.2 Å². The maximum absolute atomic E-state index is 12.2. The molecule has 0 aromatic carbocycles. The van der Waals surface area contributed by atoms with Crippen molar-refractivity contribution >= 4 is 11.6 Å². The van der Waals surface area contributed by atoms with Crippen LogP contribution in [0.3, 0.4) is 0 Å². The zero-order valence-corrected chi connectivity index (χ0v) is 5.95. The van der Waals surface area contributed by atoms with Crippen molar-refractivity contribution in [1.82, 2.24) is 4.98 Å². The second kappa shape index (κ2) is 3.09. The predicted octanol–water partition coefficient (Wildman–Crippen LogP) is 2.81. The van der Waals surface area contributed by atoms with Gasteiger partial charge in [-0.05, 0) is 12.1 Å². The fraction of sp³-hybridized carbons (Fsp3) is 0.167. The summed E-state index contributed by atoms with van der Waals surface area (Å²) in [5, 5.41) is -0.221. The van der Waals surface area contributed by atoms with E-state index in [1.165, 1.54) is 0 Å². The molecule has 0 unspecified atom stereocenters. The van der Waals surface area contributed by atoms with Gasteiger partial charge in [0.25, 0.3) is 6.43 Å². The minimum atomic E-state index is -2.84. The monoisotopic (exact) mass is 181 g/mol. The van der Waals surface area contributed by atoms with Crippen LogP contribution in [0.1, 0.15) is 12.1 Å². The zero-order valence-electron chi connectivity index (χ0n) is 5.19. The van der Waals surface area contributed by atoms with Crippen molar-refractivity contribution in [1.29, 1.82) is 0 Å². The molecule has 0 bridgehead atoms. The third kappa shape index (κ3) is 1.83. The summed E-state index contributed by atoms with van der Waals surface area (Å²) < 4.78 is 36.0. The van der Waals surface area contributed by atoms with E-state index in [-0.39, 0.29) is 5.02 Å². The highest BCUT2D eigenvalue weighted by Gasteiger charge is 2.13. The lowest BCUT2D eigenvalue weighted by Crippen LogP contribution is -1.93. The van der Waals surface area contributed by atoms with E-state index in [9.17, 15) is 13.2 Å². The molecule has 1 heterocycles. The molecule has 1 aromatic rings. The fourth-order valence-corrected chi connectivity index (χ4v) is 0.774. The molecule has 11 heavy (non-hydrogen) atoms. The lowest BCUT2D eigenvalue weighted by atomic mass is 10.3. The molecule has 0 aliphatic heterocycles. The van der Waals surface area contributed by atoms with Gasteiger partial charge in [-0.2, -0.15) is 4.39 Å². The van der Waals surface area contributed by atoms with Gasteiger partial charge in [-0.25, -0.2) is 13.8 Å². The minimum Gasteiger partial charge on any atom is -0.217 e. The molecule has 5 heteroatoms. The first-order valence-corrected chi connectivity index (χ1v) is 3.09. The van der Waals surface area contributed by atoms with Crippen LogP contribution in [0.2, 0.25) is 5.02 Å². The molecule has 0 saturated carbocycles. The average Bonchev–Trinajstić information content (AvgIpc) is 1.94. The quantitative estimate of drug-likeness (QED) is 0.607. The Morgan fingerprint density at radius 2 is 2.00 bits per heavy atom. The lowest BCUT2D eigenvalue weighted by molar-refractivity contribution is 0.145. The number of hydrogen-bond acceptors (Lipinski definition) is 1. The van der Waals surface area contributed by atoms with E-state index in [4.69, 9.17) is 11.6 Å². The lowest BCUT2D eigenvalue weighted by Gasteiger charge is -1.99. The van der Waals surface area contributed by atoms with Crippen LogP contribution < -0.4 is 0 Å². The van der Waals surface area contributed by atoms with Crippen molar-refractivity contribution in [2.45, 2.75) is 6.43 Å².